The zero-order valence-electron chi connectivity index (χ0n) is 12.7. The number of carbonyl (C=O) groups excluding carboxylic acids is 1. The van der Waals surface area contributed by atoms with Gasteiger partial charge in [-0.25, -0.2) is 4.99 Å². The van der Waals surface area contributed by atoms with Gasteiger partial charge in [-0.15, -0.1) is 0 Å². The summed E-state index contributed by atoms with van der Waals surface area (Å²) in [4.78, 5) is 23.2. The molecule has 1 aliphatic rings. The molecule has 0 spiro atoms. The van der Waals surface area contributed by atoms with Gasteiger partial charge in [0.15, 0.2) is 0 Å². The van der Waals surface area contributed by atoms with E-state index >= 15 is 0 Å². The van der Waals surface area contributed by atoms with Crippen LogP contribution in [0.4, 0.5) is 0 Å². The third-order valence-electron chi connectivity index (χ3n) is 4.48. The van der Waals surface area contributed by atoms with E-state index < -0.39 is 0 Å². The van der Waals surface area contributed by atoms with Crippen LogP contribution in [0, 0.1) is 0 Å². The fraction of sp³-hybridized carbons (Fsp3) is 0. The van der Waals surface area contributed by atoms with Gasteiger partial charge in [-0.1, -0.05) is 36.4 Å². The second-order valence-corrected chi connectivity index (χ2v) is 5.86. The fourth-order valence-corrected chi connectivity index (χ4v) is 3.31. The van der Waals surface area contributed by atoms with Gasteiger partial charge in [0.2, 0.25) is 0 Å². The number of fused-ring (bicyclic) bond motifs is 2. The minimum atomic E-state index is -0.194. The lowest BCUT2D eigenvalue weighted by atomic mass is 10.1. The number of hydrogen-bond acceptors (Lipinski definition) is 1. The van der Waals surface area contributed by atoms with Crippen molar-refractivity contribution >= 4 is 39.0 Å². The van der Waals surface area contributed by atoms with Crippen LogP contribution >= 0.6 is 0 Å². The molecule has 1 aliphatic heterocycles. The maximum Gasteiger partial charge on any atom is 0.278 e. The molecule has 2 aromatic heterocycles. The van der Waals surface area contributed by atoms with E-state index in [1.807, 2.05) is 67.0 Å². The van der Waals surface area contributed by atoms with Crippen molar-refractivity contribution in [1.82, 2.24) is 9.97 Å². The highest BCUT2D eigenvalue weighted by Gasteiger charge is 2.23. The summed E-state index contributed by atoms with van der Waals surface area (Å²) >= 11 is 0. The van der Waals surface area contributed by atoms with Gasteiger partial charge in [-0.05, 0) is 18.2 Å². The second-order valence-electron chi connectivity index (χ2n) is 5.86. The number of hydrogen-bond donors (Lipinski definition) is 2. The highest BCUT2D eigenvalue weighted by Crippen LogP contribution is 2.30. The molecule has 0 saturated carbocycles. The number of allylic oxidation sites excluding steroid dienone is 1. The zero-order chi connectivity index (χ0) is 16.1. The first-order chi connectivity index (χ1) is 11.8. The number of rotatable bonds is 2. The first-order valence-corrected chi connectivity index (χ1v) is 7.79. The second kappa shape index (κ2) is 4.80. The number of para-hydroxylation sites is 2. The lowest BCUT2D eigenvalue weighted by molar-refractivity contribution is -0.112. The smallest absolute Gasteiger partial charge is 0.278 e. The van der Waals surface area contributed by atoms with Crippen molar-refractivity contribution in [3.05, 3.63) is 78.1 Å². The third-order valence-corrected chi connectivity index (χ3v) is 4.48. The van der Waals surface area contributed by atoms with Crippen molar-refractivity contribution in [1.29, 1.82) is 0 Å². The number of amides is 1. The van der Waals surface area contributed by atoms with Gasteiger partial charge in [0.1, 0.15) is 0 Å². The minimum Gasteiger partial charge on any atom is -0.361 e. The van der Waals surface area contributed by atoms with E-state index in [1.165, 1.54) is 0 Å². The lowest BCUT2D eigenvalue weighted by Crippen LogP contribution is -1.93. The molecule has 2 aromatic carbocycles. The third kappa shape index (κ3) is 1.80. The Morgan fingerprint density at radius 2 is 1.33 bits per heavy atom. The number of H-pyrrole nitrogens is 2. The maximum absolute atomic E-state index is 12.5. The van der Waals surface area contributed by atoms with Crippen LogP contribution < -0.4 is 0 Å². The van der Waals surface area contributed by atoms with Crippen molar-refractivity contribution in [2.24, 2.45) is 4.99 Å². The number of nitrogens with zero attached hydrogens (tertiary/aromatic N) is 1. The summed E-state index contributed by atoms with van der Waals surface area (Å²) < 4.78 is 0. The molecule has 0 saturated heterocycles. The molecular formula is C20H13N3O. The predicted octanol–water partition coefficient (Wildman–Crippen LogP) is 4.06. The molecule has 4 aromatic rings. The Bertz CT molecular complexity index is 1100. The summed E-state index contributed by atoms with van der Waals surface area (Å²) in [5, 5.41) is 2.10. The molecule has 0 bridgehead atoms. The van der Waals surface area contributed by atoms with E-state index in [-0.39, 0.29) is 5.91 Å². The molecule has 0 unspecified atom stereocenters. The highest BCUT2D eigenvalue weighted by atomic mass is 16.2. The van der Waals surface area contributed by atoms with Gasteiger partial charge in [0.05, 0.1) is 11.3 Å². The van der Waals surface area contributed by atoms with E-state index in [4.69, 9.17) is 0 Å². The quantitative estimate of drug-likeness (QED) is 0.539. The van der Waals surface area contributed by atoms with E-state index in [2.05, 4.69) is 15.0 Å². The molecule has 24 heavy (non-hydrogen) atoms. The number of carbonyl (C=O) groups is 1. The Balaban J connectivity index is 1.65. The molecule has 114 valence electrons. The van der Waals surface area contributed by atoms with Gasteiger partial charge in [0.25, 0.3) is 5.91 Å². The number of aromatic amines is 2. The summed E-state index contributed by atoms with van der Waals surface area (Å²) in [6.07, 6.45) is 5.67. The minimum absolute atomic E-state index is 0.194. The molecule has 4 nitrogen and oxygen atoms in total. The van der Waals surface area contributed by atoms with Crippen LogP contribution in [0.5, 0.6) is 0 Å². The molecule has 0 radical (unpaired) electrons. The SMILES string of the molecule is O=[13C]1N=[13C](c2c[nH]c3ccccc23)[12CH]=[12C]1c1c[nH]c2ccccc12. The van der Waals surface area contributed by atoms with Gasteiger partial charge in [0, 0.05) is 45.3 Å². The lowest BCUT2D eigenvalue weighted by Gasteiger charge is -1.97. The zero-order valence-corrected chi connectivity index (χ0v) is 12.7. The van der Waals surface area contributed by atoms with Crippen LogP contribution in [0.25, 0.3) is 27.4 Å². The van der Waals surface area contributed by atoms with Gasteiger partial charge in [-0.3, -0.25) is 4.79 Å². The first-order valence-electron chi connectivity index (χ1n) is 7.79. The van der Waals surface area contributed by atoms with Crippen molar-refractivity contribution in [2.45, 2.75) is 0 Å². The van der Waals surface area contributed by atoms with Crippen LogP contribution in [-0.4, -0.2) is 21.6 Å². The van der Waals surface area contributed by atoms with Crippen LogP contribution in [-0.2, 0) is 4.79 Å². The Morgan fingerprint density at radius 3 is 2.04 bits per heavy atom. The van der Waals surface area contributed by atoms with Crippen molar-refractivity contribution < 1.29 is 4.79 Å². The van der Waals surface area contributed by atoms with Crippen molar-refractivity contribution in [3.8, 4) is 0 Å². The molecule has 3 heterocycles. The summed E-state index contributed by atoms with van der Waals surface area (Å²) in [6, 6.07) is 16.0. The van der Waals surface area contributed by atoms with E-state index in [0.29, 0.717) is 11.3 Å². The molecular weight excluding hydrogens is 300 g/mol. The van der Waals surface area contributed by atoms with E-state index in [9.17, 15) is 4.79 Å². The molecule has 0 aliphatic carbocycles. The van der Waals surface area contributed by atoms with Crippen LogP contribution in [0.1, 0.15) is 11.1 Å². The topological polar surface area (TPSA) is 61.0 Å². The van der Waals surface area contributed by atoms with Gasteiger partial charge in [-0.2, -0.15) is 0 Å². The monoisotopic (exact) mass is 313 g/mol. The Labute approximate surface area is 137 Å². The van der Waals surface area contributed by atoms with E-state index in [0.717, 1.165) is 32.9 Å². The Hall–Kier alpha value is -3.40. The summed E-state index contributed by atoms with van der Waals surface area (Å²) in [7, 11) is 0. The molecule has 2 N–H and O–H groups in total. The standard InChI is InChI=1S/C20H13N3O/c24-20-14(15-10-21-17-7-3-1-5-12(15)17)9-19(23-20)16-11-22-18-8-4-2-6-13(16)18/h1-11,21-22H/i9+0,14+0,19+1,20+1. The first kappa shape index (κ1) is 13.1. The summed E-state index contributed by atoms with van der Waals surface area (Å²) in [5.74, 6) is -0.194. The van der Waals surface area contributed by atoms with Gasteiger partial charge >= 0.3 is 0 Å². The summed E-state index contributed by atoms with van der Waals surface area (Å²) in [6.45, 7) is 0. The largest absolute Gasteiger partial charge is 0.361 e. The molecule has 0 atom stereocenters. The average molecular weight is 313 g/mol. The summed E-state index contributed by atoms with van der Waals surface area (Å²) in [5.41, 5.74) is 5.24. The number of aromatic nitrogens is 2. The van der Waals surface area contributed by atoms with Crippen LogP contribution in [0.2, 0.25) is 0 Å². The fourth-order valence-electron chi connectivity index (χ4n) is 3.31. The normalized spacial score (nSPS) is 14.4. The Morgan fingerprint density at radius 1 is 0.750 bits per heavy atom. The average Bonchev–Trinajstić information content (AvgIpc) is 3.30. The predicted molar refractivity (Wildman–Crippen MR) is 96.1 cm³/mol. The Kier molecular flexibility index (Phi) is 2.61. The molecule has 1 amide bonds. The van der Waals surface area contributed by atoms with Crippen LogP contribution in [0.15, 0.2) is 72.0 Å². The van der Waals surface area contributed by atoms with E-state index in [1.54, 1.807) is 0 Å². The van der Waals surface area contributed by atoms with Gasteiger partial charge < -0.3 is 9.97 Å². The maximum atomic E-state index is 12.5. The number of benzene rings is 2. The molecule has 4 heteroatoms. The van der Waals surface area contributed by atoms with Crippen LogP contribution in [0.3, 0.4) is 0 Å². The van der Waals surface area contributed by atoms with Crippen molar-refractivity contribution in [2.75, 3.05) is 0 Å². The molecule has 0 fully saturated rings. The number of nitrogens with one attached hydrogen (secondary N) is 2. The highest BCUT2D eigenvalue weighted by molar-refractivity contribution is 6.38. The van der Waals surface area contributed by atoms with Crippen molar-refractivity contribution in [3.63, 3.8) is 0 Å². The molecule has 5 rings (SSSR count). The number of aliphatic imine (C=N–C) groups is 1.